The Morgan fingerprint density at radius 2 is 1.67 bits per heavy atom. The molecule has 0 bridgehead atoms. The fourth-order valence-electron chi connectivity index (χ4n) is 3.88. The first kappa shape index (κ1) is 22.9. The summed E-state index contributed by atoms with van der Waals surface area (Å²) in [5.74, 6) is -1.00. The van der Waals surface area contributed by atoms with E-state index in [1.807, 2.05) is 61.5 Å². The van der Waals surface area contributed by atoms with Crippen LogP contribution in [-0.4, -0.2) is 28.3 Å². The van der Waals surface area contributed by atoms with Crippen LogP contribution in [0.25, 0.3) is 5.76 Å². The van der Waals surface area contributed by atoms with E-state index in [2.05, 4.69) is 0 Å². The predicted molar refractivity (Wildman–Crippen MR) is 128 cm³/mol. The SMILES string of the molecule is CCOc1ccc(CN2C(=O)C(=O)/C(=C(\O)c3ccc(Cl)c(Cl)c3)C2c2ccccc2)cc1. The maximum atomic E-state index is 13.1. The number of carbonyl (C=O) groups excluding carboxylic acids is 2. The van der Waals surface area contributed by atoms with Crippen LogP contribution in [0.4, 0.5) is 0 Å². The van der Waals surface area contributed by atoms with Crippen LogP contribution < -0.4 is 4.74 Å². The number of hydrogen-bond acceptors (Lipinski definition) is 4. The molecular weight excluding hydrogens is 461 g/mol. The van der Waals surface area contributed by atoms with Crippen LogP contribution in [0.15, 0.2) is 78.4 Å². The van der Waals surface area contributed by atoms with Crippen molar-refractivity contribution < 1.29 is 19.4 Å². The van der Waals surface area contributed by atoms with Gasteiger partial charge < -0.3 is 14.7 Å². The van der Waals surface area contributed by atoms with Crippen molar-refractivity contribution in [3.63, 3.8) is 0 Å². The van der Waals surface area contributed by atoms with Crippen LogP contribution in [0.1, 0.15) is 29.7 Å². The van der Waals surface area contributed by atoms with Gasteiger partial charge in [-0.25, -0.2) is 0 Å². The van der Waals surface area contributed by atoms with Crippen molar-refractivity contribution in [1.29, 1.82) is 0 Å². The molecule has 1 heterocycles. The highest BCUT2D eigenvalue weighted by Gasteiger charge is 2.46. The molecule has 3 aromatic carbocycles. The smallest absolute Gasteiger partial charge is 0.295 e. The summed E-state index contributed by atoms with van der Waals surface area (Å²) in [6, 6.07) is 20.3. The normalized spacial score (nSPS) is 17.4. The highest BCUT2D eigenvalue weighted by molar-refractivity contribution is 6.46. The Kier molecular flexibility index (Phi) is 6.72. The summed E-state index contributed by atoms with van der Waals surface area (Å²) < 4.78 is 5.48. The number of rotatable bonds is 6. The van der Waals surface area contributed by atoms with Crippen LogP contribution in [-0.2, 0) is 16.1 Å². The summed E-state index contributed by atoms with van der Waals surface area (Å²) in [5, 5.41) is 11.7. The maximum absolute atomic E-state index is 13.1. The van der Waals surface area contributed by atoms with E-state index in [0.29, 0.717) is 22.8 Å². The van der Waals surface area contributed by atoms with Gasteiger partial charge in [0, 0.05) is 12.1 Å². The van der Waals surface area contributed by atoms with Crippen molar-refractivity contribution in [2.75, 3.05) is 6.61 Å². The zero-order valence-electron chi connectivity index (χ0n) is 17.8. The lowest BCUT2D eigenvalue weighted by Gasteiger charge is -2.25. The molecule has 0 spiro atoms. The molecule has 1 N–H and O–H groups in total. The second-order valence-corrected chi connectivity index (χ2v) is 8.36. The molecule has 1 atom stereocenters. The topological polar surface area (TPSA) is 66.8 Å². The van der Waals surface area contributed by atoms with E-state index in [1.54, 1.807) is 6.07 Å². The molecule has 1 unspecified atom stereocenters. The summed E-state index contributed by atoms with van der Waals surface area (Å²) in [4.78, 5) is 27.7. The fourth-order valence-corrected chi connectivity index (χ4v) is 4.18. The molecule has 1 aliphatic rings. The molecule has 0 aliphatic carbocycles. The standard InChI is InChI=1S/C26H21Cl2NO4/c1-2-33-19-11-8-16(9-12-19)15-29-23(17-6-4-3-5-7-17)22(25(31)26(29)32)24(30)18-10-13-20(27)21(28)14-18/h3-14,23,30H,2,15H2,1H3/b24-22-. The third-order valence-corrected chi connectivity index (χ3v) is 6.17. The molecule has 4 rings (SSSR count). The Hall–Kier alpha value is -3.28. The molecule has 0 saturated carbocycles. The number of hydrogen-bond donors (Lipinski definition) is 1. The number of ketones is 1. The first-order valence-corrected chi connectivity index (χ1v) is 11.2. The first-order valence-electron chi connectivity index (χ1n) is 10.4. The number of Topliss-reactive ketones (excluding diaryl/α,β-unsaturated/α-hetero) is 1. The second-order valence-electron chi connectivity index (χ2n) is 7.54. The summed E-state index contributed by atoms with van der Waals surface area (Å²) in [5.41, 5.74) is 1.86. The second kappa shape index (κ2) is 9.69. The van der Waals surface area contributed by atoms with Gasteiger partial charge in [0.2, 0.25) is 0 Å². The third-order valence-electron chi connectivity index (χ3n) is 5.44. The number of carbonyl (C=O) groups is 2. The minimum Gasteiger partial charge on any atom is -0.507 e. The van der Waals surface area contributed by atoms with Crippen molar-refractivity contribution in [3.05, 3.63) is 105 Å². The number of likely N-dealkylation sites (tertiary alicyclic amines) is 1. The van der Waals surface area contributed by atoms with Gasteiger partial charge in [0.05, 0.1) is 28.3 Å². The molecule has 33 heavy (non-hydrogen) atoms. The van der Waals surface area contributed by atoms with Crippen molar-refractivity contribution in [1.82, 2.24) is 4.90 Å². The number of benzene rings is 3. The quantitative estimate of drug-likeness (QED) is 0.265. The largest absolute Gasteiger partial charge is 0.507 e. The lowest BCUT2D eigenvalue weighted by molar-refractivity contribution is -0.140. The highest BCUT2D eigenvalue weighted by Crippen LogP contribution is 2.40. The fraction of sp³-hybridized carbons (Fsp3) is 0.154. The molecule has 168 valence electrons. The zero-order valence-corrected chi connectivity index (χ0v) is 19.3. The Morgan fingerprint density at radius 1 is 0.970 bits per heavy atom. The third kappa shape index (κ3) is 4.61. The molecule has 1 saturated heterocycles. The molecule has 1 amide bonds. The Morgan fingerprint density at radius 3 is 2.30 bits per heavy atom. The van der Waals surface area contributed by atoms with Gasteiger partial charge in [0.1, 0.15) is 11.5 Å². The minimum absolute atomic E-state index is 0.00975. The summed E-state index contributed by atoms with van der Waals surface area (Å²) >= 11 is 12.1. The summed E-state index contributed by atoms with van der Waals surface area (Å²) in [7, 11) is 0. The maximum Gasteiger partial charge on any atom is 0.295 e. The lowest BCUT2D eigenvalue weighted by Crippen LogP contribution is -2.29. The van der Waals surface area contributed by atoms with E-state index in [4.69, 9.17) is 27.9 Å². The van der Waals surface area contributed by atoms with Gasteiger partial charge in [-0.1, -0.05) is 65.7 Å². The monoisotopic (exact) mass is 481 g/mol. The molecule has 1 fully saturated rings. The zero-order chi connectivity index (χ0) is 23.5. The van der Waals surface area contributed by atoms with E-state index in [0.717, 1.165) is 11.3 Å². The first-order chi connectivity index (χ1) is 15.9. The van der Waals surface area contributed by atoms with Gasteiger partial charge in [-0.15, -0.1) is 0 Å². The van der Waals surface area contributed by atoms with Crippen LogP contribution in [0.5, 0.6) is 5.75 Å². The van der Waals surface area contributed by atoms with E-state index in [-0.39, 0.29) is 22.9 Å². The molecule has 5 nitrogen and oxygen atoms in total. The molecule has 1 aliphatic heterocycles. The Balaban J connectivity index is 1.79. The van der Waals surface area contributed by atoms with Gasteiger partial charge in [0.15, 0.2) is 0 Å². The lowest BCUT2D eigenvalue weighted by atomic mass is 9.95. The van der Waals surface area contributed by atoms with Gasteiger partial charge in [-0.05, 0) is 48.4 Å². The van der Waals surface area contributed by atoms with Gasteiger partial charge in [-0.2, -0.15) is 0 Å². The van der Waals surface area contributed by atoms with Gasteiger partial charge >= 0.3 is 0 Å². The van der Waals surface area contributed by atoms with Crippen LogP contribution >= 0.6 is 23.2 Å². The number of aliphatic hydroxyl groups excluding tert-OH is 1. The van der Waals surface area contributed by atoms with E-state index >= 15 is 0 Å². The van der Waals surface area contributed by atoms with Gasteiger partial charge in [-0.3, -0.25) is 9.59 Å². The molecule has 3 aromatic rings. The van der Waals surface area contributed by atoms with E-state index in [1.165, 1.54) is 17.0 Å². The number of halogens is 2. The molecule has 7 heteroatoms. The van der Waals surface area contributed by atoms with E-state index < -0.39 is 17.7 Å². The van der Waals surface area contributed by atoms with Crippen molar-refractivity contribution in [2.24, 2.45) is 0 Å². The summed E-state index contributed by atoms with van der Waals surface area (Å²) in [6.07, 6.45) is 0. The Bertz CT molecular complexity index is 1220. The van der Waals surface area contributed by atoms with Crippen molar-refractivity contribution in [2.45, 2.75) is 19.5 Å². The minimum atomic E-state index is -0.757. The predicted octanol–water partition coefficient (Wildman–Crippen LogP) is 6.01. The average molecular weight is 482 g/mol. The molecule has 0 aromatic heterocycles. The number of nitrogens with zero attached hydrogens (tertiary/aromatic N) is 1. The van der Waals surface area contributed by atoms with Crippen molar-refractivity contribution >= 4 is 40.7 Å². The number of ether oxygens (including phenoxy) is 1. The van der Waals surface area contributed by atoms with Crippen LogP contribution in [0.3, 0.4) is 0 Å². The number of aliphatic hydroxyl groups is 1. The number of amides is 1. The molecule has 0 radical (unpaired) electrons. The average Bonchev–Trinajstić information content (AvgIpc) is 3.07. The van der Waals surface area contributed by atoms with Crippen LogP contribution in [0, 0.1) is 0 Å². The molecular formula is C26H21Cl2NO4. The van der Waals surface area contributed by atoms with Crippen molar-refractivity contribution in [3.8, 4) is 5.75 Å². The van der Waals surface area contributed by atoms with E-state index in [9.17, 15) is 14.7 Å². The summed E-state index contributed by atoms with van der Waals surface area (Å²) in [6.45, 7) is 2.65. The Labute approximate surface area is 201 Å². The van der Waals surface area contributed by atoms with Crippen LogP contribution in [0.2, 0.25) is 10.0 Å². The van der Waals surface area contributed by atoms with Gasteiger partial charge in [0.25, 0.3) is 11.7 Å². The highest BCUT2D eigenvalue weighted by atomic mass is 35.5.